The Bertz CT molecular complexity index is 323. The van der Waals surface area contributed by atoms with Crippen LogP contribution in [0.4, 0.5) is 0 Å². The molecule has 2 heteroatoms. The summed E-state index contributed by atoms with van der Waals surface area (Å²) in [6.45, 7) is 6.51. The second-order valence-electron chi connectivity index (χ2n) is 4.71. The van der Waals surface area contributed by atoms with Gasteiger partial charge >= 0.3 is 0 Å². The number of hydrogen-bond acceptors (Lipinski definition) is 1. The molecule has 0 fully saturated rings. The fourth-order valence-corrected chi connectivity index (χ4v) is 2.45. The molecule has 0 radical (unpaired) electrons. The molecule has 1 nitrogen and oxygen atoms in total. The molecule has 1 rings (SSSR count). The average molecular weight is 345 g/mol. The third-order valence-electron chi connectivity index (χ3n) is 3.06. The van der Waals surface area contributed by atoms with Crippen LogP contribution in [0.25, 0.3) is 0 Å². The molecule has 1 N–H and O–H groups in total. The molecule has 0 aliphatic carbocycles. The van der Waals surface area contributed by atoms with Crippen molar-refractivity contribution in [3.05, 3.63) is 34.9 Å². The first-order valence-electron chi connectivity index (χ1n) is 6.57. The van der Waals surface area contributed by atoms with Crippen molar-refractivity contribution in [1.29, 1.82) is 0 Å². The molecule has 0 saturated heterocycles. The van der Waals surface area contributed by atoms with Crippen LogP contribution < -0.4 is 5.32 Å². The fraction of sp³-hybridized carbons (Fsp3) is 0.600. The SMILES string of the molecule is Cc1ccc(C)c(CNCCCCCCI)c1. The van der Waals surface area contributed by atoms with Crippen LogP contribution in [0, 0.1) is 13.8 Å². The smallest absolute Gasteiger partial charge is 0.0208 e. The summed E-state index contributed by atoms with van der Waals surface area (Å²) in [4.78, 5) is 0. The average Bonchev–Trinajstić information content (AvgIpc) is 2.32. The normalized spacial score (nSPS) is 10.8. The van der Waals surface area contributed by atoms with Crippen LogP contribution in [0.5, 0.6) is 0 Å². The predicted molar refractivity (Wildman–Crippen MR) is 85.0 cm³/mol. The summed E-state index contributed by atoms with van der Waals surface area (Å²) < 4.78 is 1.30. The van der Waals surface area contributed by atoms with Crippen molar-refractivity contribution in [2.24, 2.45) is 0 Å². The van der Waals surface area contributed by atoms with Gasteiger partial charge in [-0.25, -0.2) is 0 Å². The molecule has 17 heavy (non-hydrogen) atoms. The number of aryl methyl sites for hydroxylation is 2. The molecule has 0 aliphatic heterocycles. The van der Waals surface area contributed by atoms with Crippen LogP contribution in [-0.4, -0.2) is 11.0 Å². The van der Waals surface area contributed by atoms with Gasteiger partial charge in [-0.15, -0.1) is 0 Å². The number of rotatable bonds is 8. The minimum absolute atomic E-state index is 1.01. The molecule has 0 saturated carbocycles. The zero-order chi connectivity index (χ0) is 12.5. The molecule has 0 bridgehead atoms. The first-order valence-corrected chi connectivity index (χ1v) is 8.09. The number of unbranched alkanes of at least 4 members (excludes halogenated alkanes) is 3. The van der Waals surface area contributed by atoms with E-state index < -0.39 is 0 Å². The highest BCUT2D eigenvalue weighted by molar-refractivity contribution is 14.1. The predicted octanol–water partition coefficient (Wildman–Crippen LogP) is 4.39. The molecule has 0 aliphatic rings. The van der Waals surface area contributed by atoms with Gasteiger partial charge in [0.05, 0.1) is 0 Å². The molecular formula is C15H24IN. The first-order chi connectivity index (χ1) is 8.24. The summed E-state index contributed by atoms with van der Waals surface area (Å²) in [5.74, 6) is 0. The number of hydrogen-bond donors (Lipinski definition) is 1. The number of nitrogens with one attached hydrogen (secondary N) is 1. The molecule has 0 aromatic heterocycles. The zero-order valence-electron chi connectivity index (χ0n) is 11.1. The lowest BCUT2D eigenvalue weighted by Crippen LogP contribution is -2.15. The van der Waals surface area contributed by atoms with Crippen molar-refractivity contribution in [1.82, 2.24) is 5.32 Å². The molecule has 0 spiro atoms. The lowest BCUT2D eigenvalue weighted by Gasteiger charge is -2.08. The van der Waals surface area contributed by atoms with E-state index in [4.69, 9.17) is 0 Å². The summed E-state index contributed by atoms with van der Waals surface area (Å²) in [6, 6.07) is 6.69. The Hall–Kier alpha value is -0.0900. The summed E-state index contributed by atoms with van der Waals surface area (Å²) in [5.41, 5.74) is 4.19. The molecule has 0 unspecified atom stereocenters. The monoisotopic (exact) mass is 345 g/mol. The second-order valence-corrected chi connectivity index (χ2v) is 5.79. The van der Waals surface area contributed by atoms with Crippen molar-refractivity contribution >= 4 is 22.6 Å². The van der Waals surface area contributed by atoms with Crippen molar-refractivity contribution in [3.8, 4) is 0 Å². The molecule has 1 aromatic carbocycles. The lowest BCUT2D eigenvalue weighted by molar-refractivity contribution is 0.599. The topological polar surface area (TPSA) is 12.0 Å². The van der Waals surface area contributed by atoms with E-state index in [1.807, 2.05) is 0 Å². The Morgan fingerprint density at radius 3 is 2.59 bits per heavy atom. The van der Waals surface area contributed by atoms with Crippen LogP contribution in [0.15, 0.2) is 18.2 Å². The van der Waals surface area contributed by atoms with Gasteiger partial charge in [0.2, 0.25) is 0 Å². The Balaban J connectivity index is 2.15. The lowest BCUT2D eigenvalue weighted by atomic mass is 10.1. The van der Waals surface area contributed by atoms with Crippen LogP contribution in [-0.2, 0) is 6.54 Å². The number of halogens is 1. The second kappa shape index (κ2) is 8.92. The van der Waals surface area contributed by atoms with Gasteiger partial charge in [0, 0.05) is 6.54 Å². The standard InChI is InChI=1S/C15H24IN/c1-13-7-8-14(2)15(11-13)12-17-10-6-4-3-5-9-16/h7-8,11,17H,3-6,9-10,12H2,1-2H3. The number of benzene rings is 1. The van der Waals surface area contributed by atoms with Gasteiger partial charge in [-0.2, -0.15) is 0 Å². The highest BCUT2D eigenvalue weighted by Gasteiger charge is 1.98. The highest BCUT2D eigenvalue weighted by Crippen LogP contribution is 2.10. The van der Waals surface area contributed by atoms with Crippen molar-refractivity contribution in [2.75, 3.05) is 11.0 Å². The minimum atomic E-state index is 1.01. The van der Waals surface area contributed by atoms with Gasteiger partial charge in [0.15, 0.2) is 0 Å². The van der Waals surface area contributed by atoms with Crippen LogP contribution >= 0.6 is 22.6 Å². The van der Waals surface area contributed by atoms with Gasteiger partial charge in [-0.1, -0.05) is 59.2 Å². The Morgan fingerprint density at radius 2 is 1.82 bits per heavy atom. The summed E-state index contributed by atoms with van der Waals surface area (Å²) in [7, 11) is 0. The third-order valence-corrected chi connectivity index (χ3v) is 3.82. The van der Waals surface area contributed by atoms with Crippen molar-refractivity contribution in [2.45, 2.75) is 46.1 Å². The maximum Gasteiger partial charge on any atom is 0.0208 e. The number of alkyl halides is 1. The fourth-order valence-electron chi connectivity index (χ4n) is 1.91. The molecule has 0 amide bonds. The van der Waals surface area contributed by atoms with Gasteiger partial charge in [-0.3, -0.25) is 0 Å². The minimum Gasteiger partial charge on any atom is -0.313 e. The largest absolute Gasteiger partial charge is 0.313 e. The molecule has 96 valence electrons. The molecule has 0 atom stereocenters. The maximum absolute atomic E-state index is 3.54. The van der Waals surface area contributed by atoms with Crippen LogP contribution in [0.2, 0.25) is 0 Å². The Kier molecular flexibility index (Phi) is 7.86. The van der Waals surface area contributed by atoms with E-state index in [9.17, 15) is 0 Å². The zero-order valence-corrected chi connectivity index (χ0v) is 13.2. The Labute approximate surface area is 120 Å². The van der Waals surface area contributed by atoms with Crippen LogP contribution in [0.1, 0.15) is 42.4 Å². The van der Waals surface area contributed by atoms with E-state index in [-0.39, 0.29) is 0 Å². The third kappa shape index (κ3) is 6.41. The summed E-state index contributed by atoms with van der Waals surface area (Å²) in [5, 5.41) is 3.54. The van der Waals surface area contributed by atoms with Gasteiger partial charge in [0.1, 0.15) is 0 Å². The van der Waals surface area contributed by atoms with E-state index >= 15 is 0 Å². The first kappa shape index (κ1) is 15.0. The van der Waals surface area contributed by atoms with E-state index in [1.165, 1.54) is 46.8 Å². The molecular weight excluding hydrogens is 321 g/mol. The van der Waals surface area contributed by atoms with Gasteiger partial charge < -0.3 is 5.32 Å². The summed E-state index contributed by atoms with van der Waals surface area (Å²) in [6.07, 6.45) is 5.43. The van der Waals surface area contributed by atoms with Gasteiger partial charge in [-0.05, 0) is 48.8 Å². The van der Waals surface area contributed by atoms with Crippen LogP contribution in [0.3, 0.4) is 0 Å². The van der Waals surface area contributed by atoms with Gasteiger partial charge in [0.25, 0.3) is 0 Å². The van der Waals surface area contributed by atoms with E-state index in [1.54, 1.807) is 0 Å². The van der Waals surface area contributed by atoms with E-state index in [2.05, 4.69) is 60.0 Å². The van der Waals surface area contributed by atoms with Crippen molar-refractivity contribution in [3.63, 3.8) is 0 Å². The highest BCUT2D eigenvalue weighted by atomic mass is 127. The van der Waals surface area contributed by atoms with E-state index in [0.29, 0.717) is 0 Å². The quantitative estimate of drug-likeness (QED) is 0.419. The molecule has 0 heterocycles. The summed E-state index contributed by atoms with van der Waals surface area (Å²) >= 11 is 2.45. The maximum atomic E-state index is 3.54. The van der Waals surface area contributed by atoms with Crippen molar-refractivity contribution < 1.29 is 0 Å². The Morgan fingerprint density at radius 1 is 1.06 bits per heavy atom. The molecule has 1 aromatic rings. The van der Waals surface area contributed by atoms with E-state index in [0.717, 1.165) is 13.1 Å².